The summed E-state index contributed by atoms with van der Waals surface area (Å²) in [5.74, 6) is -0.0456. The summed E-state index contributed by atoms with van der Waals surface area (Å²) in [4.78, 5) is 36.9. The zero-order valence-electron chi connectivity index (χ0n) is 17.3. The van der Waals surface area contributed by atoms with Gasteiger partial charge in [0, 0.05) is 16.0 Å². The van der Waals surface area contributed by atoms with Gasteiger partial charge < -0.3 is 10.5 Å². The van der Waals surface area contributed by atoms with E-state index in [1.165, 1.54) is 16.9 Å². The lowest BCUT2D eigenvalue weighted by atomic mass is 9.97. The summed E-state index contributed by atoms with van der Waals surface area (Å²) in [5, 5.41) is 0.943. The minimum atomic E-state index is -0.599. The molecule has 2 aromatic heterocycles. The molecule has 4 aromatic rings. The molecule has 0 amide bonds. The standard InChI is InChI=1S/C25H21N3O3S/c26-23-21-18-12-6-7-13-19(18)32-24(21)28-20(27-23)14-31-25(30)17-11-5-4-10-16(17)22(29)15-8-2-1-3-9-15/h1-5,8-11H,6-7,12-14H2,(H2,26,27,28). The second-order valence-corrected chi connectivity index (χ2v) is 8.82. The molecule has 0 fully saturated rings. The molecule has 2 aromatic carbocycles. The number of aromatic nitrogens is 2. The molecule has 2 heterocycles. The average molecular weight is 444 g/mol. The van der Waals surface area contributed by atoms with Gasteiger partial charge in [-0.05, 0) is 37.3 Å². The third-order valence-corrected chi connectivity index (χ3v) is 6.83. The predicted octanol–water partition coefficient (Wildman–Crippen LogP) is 4.74. The third kappa shape index (κ3) is 3.76. The van der Waals surface area contributed by atoms with Crippen molar-refractivity contribution in [2.24, 2.45) is 0 Å². The molecular weight excluding hydrogens is 422 g/mol. The molecular formula is C25H21N3O3S. The number of nitrogen functional groups attached to an aromatic ring is 1. The van der Waals surface area contributed by atoms with Crippen LogP contribution in [0.15, 0.2) is 54.6 Å². The molecule has 5 rings (SSSR count). The summed E-state index contributed by atoms with van der Waals surface area (Å²) in [6.07, 6.45) is 4.38. The number of carbonyl (C=O) groups excluding carboxylic acids is 2. The number of hydrogen-bond donors (Lipinski definition) is 1. The van der Waals surface area contributed by atoms with Crippen molar-refractivity contribution in [2.75, 3.05) is 5.73 Å². The van der Waals surface area contributed by atoms with Gasteiger partial charge in [-0.2, -0.15) is 0 Å². The lowest BCUT2D eigenvalue weighted by Gasteiger charge is -2.11. The zero-order chi connectivity index (χ0) is 22.1. The lowest BCUT2D eigenvalue weighted by molar-refractivity contribution is 0.0460. The first-order chi connectivity index (χ1) is 15.6. The van der Waals surface area contributed by atoms with Gasteiger partial charge in [0.2, 0.25) is 0 Å². The van der Waals surface area contributed by atoms with Crippen LogP contribution in [0.3, 0.4) is 0 Å². The normalized spacial score (nSPS) is 13.0. The van der Waals surface area contributed by atoms with Gasteiger partial charge >= 0.3 is 5.97 Å². The third-order valence-electron chi connectivity index (χ3n) is 5.65. The Kier molecular flexibility index (Phi) is 5.41. The number of esters is 1. The van der Waals surface area contributed by atoms with Gasteiger partial charge in [0.15, 0.2) is 18.2 Å². The van der Waals surface area contributed by atoms with Gasteiger partial charge in [-0.3, -0.25) is 4.79 Å². The first-order valence-corrected chi connectivity index (χ1v) is 11.4. The van der Waals surface area contributed by atoms with Gasteiger partial charge in [-0.1, -0.05) is 48.5 Å². The first kappa shape index (κ1) is 20.3. The Morgan fingerprint density at radius 3 is 2.47 bits per heavy atom. The second kappa shape index (κ2) is 8.51. The fraction of sp³-hybridized carbons (Fsp3) is 0.200. The number of nitrogens with zero attached hydrogens (tertiary/aromatic N) is 2. The number of anilines is 1. The molecule has 0 saturated carbocycles. The van der Waals surface area contributed by atoms with E-state index < -0.39 is 5.97 Å². The Hall–Kier alpha value is -3.58. The number of benzene rings is 2. The highest BCUT2D eigenvalue weighted by atomic mass is 32.1. The van der Waals surface area contributed by atoms with Gasteiger partial charge in [-0.15, -0.1) is 11.3 Å². The summed E-state index contributed by atoms with van der Waals surface area (Å²) in [6, 6.07) is 15.5. The maximum absolute atomic E-state index is 12.9. The fourth-order valence-electron chi connectivity index (χ4n) is 4.11. The van der Waals surface area contributed by atoms with Crippen LogP contribution in [0.25, 0.3) is 10.2 Å². The number of hydrogen-bond acceptors (Lipinski definition) is 7. The van der Waals surface area contributed by atoms with Crippen LogP contribution in [0.2, 0.25) is 0 Å². The molecule has 160 valence electrons. The van der Waals surface area contributed by atoms with E-state index in [1.807, 2.05) is 6.07 Å². The minimum Gasteiger partial charge on any atom is -0.454 e. The number of aryl methyl sites for hydroxylation is 2. The number of ketones is 1. The summed E-state index contributed by atoms with van der Waals surface area (Å²) in [7, 11) is 0. The van der Waals surface area contributed by atoms with Crippen LogP contribution < -0.4 is 5.73 Å². The van der Waals surface area contributed by atoms with Crippen molar-refractivity contribution >= 4 is 39.1 Å². The highest BCUT2D eigenvalue weighted by molar-refractivity contribution is 7.19. The van der Waals surface area contributed by atoms with E-state index in [2.05, 4.69) is 9.97 Å². The average Bonchev–Trinajstić information content (AvgIpc) is 3.21. The molecule has 0 saturated heterocycles. The molecule has 6 nitrogen and oxygen atoms in total. The van der Waals surface area contributed by atoms with Crippen molar-refractivity contribution < 1.29 is 14.3 Å². The second-order valence-electron chi connectivity index (χ2n) is 7.73. The molecule has 0 bridgehead atoms. The van der Waals surface area contributed by atoms with Crippen LogP contribution in [0, 0.1) is 0 Å². The number of thiophene rings is 1. The quantitative estimate of drug-likeness (QED) is 0.354. The van der Waals surface area contributed by atoms with Gasteiger partial charge in [-0.25, -0.2) is 14.8 Å². The number of ether oxygens (including phenoxy) is 1. The lowest BCUT2D eigenvalue weighted by Crippen LogP contribution is -2.13. The topological polar surface area (TPSA) is 95.2 Å². The highest BCUT2D eigenvalue weighted by Gasteiger charge is 2.22. The van der Waals surface area contributed by atoms with Crippen LogP contribution >= 0.6 is 11.3 Å². The van der Waals surface area contributed by atoms with Crippen LogP contribution in [-0.4, -0.2) is 21.7 Å². The molecule has 0 spiro atoms. The van der Waals surface area contributed by atoms with Crippen molar-refractivity contribution in [3.63, 3.8) is 0 Å². The van der Waals surface area contributed by atoms with Crippen LogP contribution in [-0.2, 0) is 24.2 Å². The van der Waals surface area contributed by atoms with E-state index in [1.54, 1.807) is 59.9 Å². The Morgan fingerprint density at radius 2 is 1.66 bits per heavy atom. The smallest absolute Gasteiger partial charge is 0.339 e. The number of carbonyl (C=O) groups is 2. The Balaban J connectivity index is 1.38. The Labute approximate surface area is 189 Å². The molecule has 0 unspecified atom stereocenters. The fourth-order valence-corrected chi connectivity index (χ4v) is 5.40. The summed E-state index contributed by atoms with van der Waals surface area (Å²) >= 11 is 1.65. The van der Waals surface area contributed by atoms with Crippen molar-refractivity contribution in [3.8, 4) is 0 Å². The van der Waals surface area contributed by atoms with Gasteiger partial charge in [0.05, 0.1) is 10.9 Å². The Morgan fingerprint density at radius 1 is 0.938 bits per heavy atom. The molecule has 0 atom stereocenters. The van der Waals surface area contributed by atoms with E-state index in [4.69, 9.17) is 10.5 Å². The van der Waals surface area contributed by atoms with Crippen LogP contribution in [0.4, 0.5) is 5.82 Å². The Bertz CT molecular complexity index is 1330. The summed E-state index contributed by atoms with van der Waals surface area (Å²) in [5.41, 5.74) is 8.53. The maximum Gasteiger partial charge on any atom is 0.339 e. The zero-order valence-corrected chi connectivity index (χ0v) is 18.2. The van der Waals surface area contributed by atoms with E-state index in [0.717, 1.165) is 29.5 Å². The minimum absolute atomic E-state index is 0.116. The number of fused-ring (bicyclic) bond motifs is 3. The monoisotopic (exact) mass is 443 g/mol. The predicted molar refractivity (Wildman–Crippen MR) is 124 cm³/mol. The highest BCUT2D eigenvalue weighted by Crippen LogP contribution is 2.37. The SMILES string of the molecule is Nc1nc(COC(=O)c2ccccc2C(=O)c2ccccc2)nc2sc3c(c12)CCCC3. The molecule has 2 N–H and O–H groups in total. The van der Waals surface area contributed by atoms with Crippen molar-refractivity contribution in [1.82, 2.24) is 9.97 Å². The van der Waals surface area contributed by atoms with E-state index in [0.29, 0.717) is 22.8 Å². The molecule has 0 aliphatic heterocycles. The molecule has 0 radical (unpaired) electrons. The molecule has 1 aliphatic carbocycles. The van der Waals surface area contributed by atoms with Crippen molar-refractivity contribution in [3.05, 3.63) is 87.6 Å². The van der Waals surface area contributed by atoms with Gasteiger partial charge in [0.25, 0.3) is 0 Å². The molecule has 1 aliphatic rings. The van der Waals surface area contributed by atoms with Crippen LogP contribution in [0.1, 0.15) is 55.4 Å². The maximum atomic E-state index is 12.9. The van der Waals surface area contributed by atoms with Crippen molar-refractivity contribution in [2.45, 2.75) is 32.3 Å². The van der Waals surface area contributed by atoms with Crippen LogP contribution in [0.5, 0.6) is 0 Å². The first-order valence-electron chi connectivity index (χ1n) is 10.5. The van der Waals surface area contributed by atoms with Crippen molar-refractivity contribution in [1.29, 1.82) is 0 Å². The number of rotatable bonds is 5. The summed E-state index contributed by atoms with van der Waals surface area (Å²) < 4.78 is 5.48. The molecule has 7 heteroatoms. The van der Waals surface area contributed by atoms with E-state index >= 15 is 0 Å². The number of nitrogens with two attached hydrogens (primary N) is 1. The van der Waals surface area contributed by atoms with E-state index in [-0.39, 0.29) is 18.0 Å². The summed E-state index contributed by atoms with van der Waals surface area (Å²) in [6.45, 7) is -0.116. The molecule has 32 heavy (non-hydrogen) atoms. The van der Waals surface area contributed by atoms with E-state index in [9.17, 15) is 9.59 Å². The van der Waals surface area contributed by atoms with Gasteiger partial charge in [0.1, 0.15) is 10.6 Å². The largest absolute Gasteiger partial charge is 0.454 e.